The molecule has 7 heteroatoms. The van der Waals surface area contributed by atoms with Gasteiger partial charge in [0.05, 0.1) is 31.7 Å². The smallest absolute Gasteiger partial charge is 0.343 e. The lowest BCUT2D eigenvalue weighted by Gasteiger charge is -2.06. The molecule has 2 N–H and O–H groups in total. The normalized spacial score (nSPS) is 10.6. The van der Waals surface area contributed by atoms with Gasteiger partial charge in [-0.15, -0.1) is 0 Å². The zero-order chi connectivity index (χ0) is 15.8. The van der Waals surface area contributed by atoms with E-state index >= 15 is 0 Å². The van der Waals surface area contributed by atoms with E-state index in [1.54, 1.807) is 7.11 Å². The molecule has 0 spiro atoms. The first-order valence-electron chi connectivity index (χ1n) is 6.86. The number of carbonyl (C=O) groups is 1. The molecule has 0 saturated carbocycles. The number of rotatable bonds is 8. The van der Waals surface area contributed by atoms with Crippen LogP contribution in [0.3, 0.4) is 0 Å². The van der Waals surface area contributed by atoms with E-state index in [4.69, 9.17) is 19.9 Å². The number of hydrogen-bond donors (Lipinski definition) is 1. The summed E-state index contributed by atoms with van der Waals surface area (Å²) in [6.07, 6.45) is 1.40. The molecule has 0 bridgehead atoms. The van der Waals surface area contributed by atoms with Crippen LogP contribution in [0, 0.1) is 0 Å². The van der Waals surface area contributed by atoms with Crippen LogP contribution in [0.4, 0.5) is 5.82 Å². The van der Waals surface area contributed by atoms with Crippen LogP contribution >= 0.6 is 0 Å². The zero-order valence-electron chi connectivity index (χ0n) is 12.4. The summed E-state index contributed by atoms with van der Waals surface area (Å²) in [5, 5.41) is 4.12. The molecule has 1 aromatic carbocycles. The molecule has 2 rings (SSSR count). The van der Waals surface area contributed by atoms with Gasteiger partial charge in [-0.1, -0.05) is 18.2 Å². The molecule has 0 unspecified atom stereocenters. The van der Waals surface area contributed by atoms with Crippen molar-refractivity contribution in [3.63, 3.8) is 0 Å². The largest absolute Gasteiger partial charge is 0.460 e. The Bertz CT molecular complexity index is 598. The van der Waals surface area contributed by atoms with E-state index in [1.165, 1.54) is 10.9 Å². The van der Waals surface area contributed by atoms with Crippen molar-refractivity contribution in [2.75, 3.05) is 39.3 Å². The molecule has 0 fully saturated rings. The van der Waals surface area contributed by atoms with Gasteiger partial charge in [0.25, 0.3) is 0 Å². The number of benzene rings is 1. The molecule has 0 radical (unpaired) electrons. The number of nitrogens with zero attached hydrogens (tertiary/aromatic N) is 2. The van der Waals surface area contributed by atoms with Crippen molar-refractivity contribution in [1.82, 2.24) is 9.78 Å². The van der Waals surface area contributed by atoms with Gasteiger partial charge in [0, 0.05) is 7.11 Å². The first kappa shape index (κ1) is 16.0. The maximum atomic E-state index is 12.0. The van der Waals surface area contributed by atoms with Crippen molar-refractivity contribution in [1.29, 1.82) is 0 Å². The average molecular weight is 305 g/mol. The van der Waals surface area contributed by atoms with Crippen molar-refractivity contribution in [2.45, 2.75) is 0 Å². The SMILES string of the molecule is COCCOCCOC(=O)c1cnn(-c2ccccc2)c1N. The maximum absolute atomic E-state index is 12.0. The van der Waals surface area contributed by atoms with Gasteiger partial charge in [-0.3, -0.25) is 0 Å². The fraction of sp³-hybridized carbons (Fsp3) is 0.333. The highest BCUT2D eigenvalue weighted by Gasteiger charge is 2.17. The van der Waals surface area contributed by atoms with Crippen LogP contribution in [-0.4, -0.2) is 49.3 Å². The van der Waals surface area contributed by atoms with E-state index in [9.17, 15) is 4.79 Å². The molecule has 0 aliphatic carbocycles. The molecular formula is C15H19N3O4. The van der Waals surface area contributed by atoms with E-state index < -0.39 is 5.97 Å². The number of nitrogen functional groups attached to an aromatic ring is 1. The van der Waals surface area contributed by atoms with Crippen molar-refractivity contribution in [2.24, 2.45) is 0 Å². The second kappa shape index (κ2) is 8.16. The number of nitrogens with two attached hydrogens (primary N) is 1. The molecule has 0 atom stereocenters. The Morgan fingerprint density at radius 2 is 1.91 bits per heavy atom. The summed E-state index contributed by atoms with van der Waals surface area (Å²) in [5.74, 6) is -0.272. The standard InChI is InChI=1S/C15H19N3O4/c1-20-7-8-21-9-10-22-15(19)13-11-17-18(14(13)16)12-5-3-2-4-6-12/h2-6,11H,7-10,16H2,1H3. The highest BCUT2D eigenvalue weighted by atomic mass is 16.6. The summed E-state index contributed by atoms with van der Waals surface area (Å²) in [6.45, 7) is 1.42. The average Bonchev–Trinajstić information content (AvgIpc) is 2.93. The first-order valence-corrected chi connectivity index (χ1v) is 6.86. The summed E-state index contributed by atoms with van der Waals surface area (Å²) >= 11 is 0. The molecule has 1 aromatic heterocycles. The first-order chi connectivity index (χ1) is 10.7. The summed E-state index contributed by atoms with van der Waals surface area (Å²) in [4.78, 5) is 12.0. The van der Waals surface area contributed by atoms with Gasteiger partial charge in [-0.2, -0.15) is 5.10 Å². The number of carbonyl (C=O) groups excluding carboxylic acids is 1. The number of anilines is 1. The highest BCUT2D eigenvalue weighted by Crippen LogP contribution is 2.17. The fourth-order valence-corrected chi connectivity index (χ4v) is 1.81. The van der Waals surface area contributed by atoms with Gasteiger partial charge in [-0.05, 0) is 12.1 Å². The minimum Gasteiger partial charge on any atom is -0.460 e. The van der Waals surface area contributed by atoms with Crippen LogP contribution in [0.1, 0.15) is 10.4 Å². The van der Waals surface area contributed by atoms with Gasteiger partial charge in [-0.25, -0.2) is 9.48 Å². The number of esters is 1. The summed E-state index contributed by atoms with van der Waals surface area (Å²) in [5.41, 5.74) is 6.97. The lowest BCUT2D eigenvalue weighted by molar-refractivity contribution is 0.0214. The van der Waals surface area contributed by atoms with E-state index in [-0.39, 0.29) is 18.0 Å². The van der Waals surface area contributed by atoms with Crippen molar-refractivity contribution >= 4 is 11.8 Å². The van der Waals surface area contributed by atoms with E-state index in [2.05, 4.69) is 5.10 Å². The molecule has 0 aliphatic rings. The Morgan fingerprint density at radius 1 is 1.18 bits per heavy atom. The predicted octanol–water partition coefficient (Wildman–Crippen LogP) is 1.27. The van der Waals surface area contributed by atoms with Crippen LogP contribution in [0.25, 0.3) is 5.69 Å². The monoisotopic (exact) mass is 305 g/mol. The molecule has 22 heavy (non-hydrogen) atoms. The van der Waals surface area contributed by atoms with Crippen LogP contribution in [0.15, 0.2) is 36.5 Å². The van der Waals surface area contributed by atoms with Crippen LogP contribution < -0.4 is 5.73 Å². The second-order valence-corrected chi connectivity index (χ2v) is 4.43. The summed E-state index contributed by atoms with van der Waals surface area (Å²) in [7, 11) is 1.59. The molecule has 0 saturated heterocycles. The molecule has 0 amide bonds. The van der Waals surface area contributed by atoms with Crippen LogP contribution in [0.2, 0.25) is 0 Å². The number of ether oxygens (including phenoxy) is 3. The lowest BCUT2D eigenvalue weighted by Crippen LogP contribution is -2.13. The minimum atomic E-state index is -0.518. The van der Waals surface area contributed by atoms with Crippen molar-refractivity contribution in [3.05, 3.63) is 42.1 Å². The van der Waals surface area contributed by atoms with E-state index in [1.807, 2.05) is 30.3 Å². The third kappa shape index (κ3) is 4.06. The quantitative estimate of drug-likeness (QED) is 0.583. The van der Waals surface area contributed by atoms with Gasteiger partial charge in [0.2, 0.25) is 0 Å². The summed E-state index contributed by atoms with van der Waals surface area (Å²) < 4.78 is 16.6. The topological polar surface area (TPSA) is 88.6 Å². The van der Waals surface area contributed by atoms with E-state index in [0.29, 0.717) is 19.8 Å². The molecule has 2 aromatic rings. The maximum Gasteiger partial charge on any atom is 0.343 e. The second-order valence-electron chi connectivity index (χ2n) is 4.43. The number of para-hydroxylation sites is 1. The number of aromatic nitrogens is 2. The Balaban J connectivity index is 1.90. The number of methoxy groups -OCH3 is 1. The van der Waals surface area contributed by atoms with Crippen molar-refractivity contribution < 1.29 is 19.0 Å². The Labute approximate surface area is 128 Å². The third-order valence-electron chi connectivity index (χ3n) is 2.92. The van der Waals surface area contributed by atoms with Gasteiger partial charge < -0.3 is 19.9 Å². The van der Waals surface area contributed by atoms with Crippen LogP contribution in [0.5, 0.6) is 0 Å². The van der Waals surface area contributed by atoms with Gasteiger partial charge in [0.1, 0.15) is 18.0 Å². The van der Waals surface area contributed by atoms with Crippen molar-refractivity contribution in [3.8, 4) is 5.69 Å². The van der Waals surface area contributed by atoms with Gasteiger partial charge >= 0.3 is 5.97 Å². The van der Waals surface area contributed by atoms with Crippen LogP contribution in [-0.2, 0) is 14.2 Å². The third-order valence-corrected chi connectivity index (χ3v) is 2.92. The summed E-state index contributed by atoms with van der Waals surface area (Å²) in [6, 6.07) is 9.32. The molecule has 1 heterocycles. The fourth-order valence-electron chi connectivity index (χ4n) is 1.81. The molecular weight excluding hydrogens is 286 g/mol. The Hall–Kier alpha value is -2.38. The Morgan fingerprint density at radius 3 is 2.64 bits per heavy atom. The predicted molar refractivity (Wildman–Crippen MR) is 81.0 cm³/mol. The minimum absolute atomic E-state index is 0.151. The molecule has 7 nitrogen and oxygen atoms in total. The number of hydrogen-bond acceptors (Lipinski definition) is 6. The lowest BCUT2D eigenvalue weighted by atomic mass is 10.3. The van der Waals surface area contributed by atoms with E-state index in [0.717, 1.165) is 5.69 Å². The van der Waals surface area contributed by atoms with Gasteiger partial charge in [0.15, 0.2) is 0 Å². The zero-order valence-corrected chi connectivity index (χ0v) is 12.4. The molecule has 118 valence electrons. The Kier molecular flexibility index (Phi) is 5.93. The highest BCUT2D eigenvalue weighted by molar-refractivity contribution is 5.94. The molecule has 0 aliphatic heterocycles.